The van der Waals surface area contributed by atoms with E-state index in [-0.39, 0.29) is 16.9 Å². The second-order valence-electron chi connectivity index (χ2n) is 3.34. The molecule has 1 aromatic rings. The van der Waals surface area contributed by atoms with Gasteiger partial charge in [0.2, 0.25) is 0 Å². The number of anilines is 1. The van der Waals surface area contributed by atoms with Crippen LogP contribution in [0.2, 0.25) is 0 Å². The van der Waals surface area contributed by atoms with Crippen LogP contribution >= 0.6 is 0 Å². The molecule has 0 saturated heterocycles. The molecule has 0 aliphatic carbocycles. The second kappa shape index (κ2) is 4.58. The van der Waals surface area contributed by atoms with Gasteiger partial charge in [-0.1, -0.05) is 6.07 Å². The number of hydrazine groups is 1. The molecule has 0 bridgehead atoms. The van der Waals surface area contributed by atoms with Crippen LogP contribution in [-0.4, -0.2) is 29.9 Å². The van der Waals surface area contributed by atoms with Gasteiger partial charge in [0.15, 0.2) is 0 Å². The fourth-order valence-electron chi connectivity index (χ4n) is 1.21. The van der Waals surface area contributed by atoms with Gasteiger partial charge in [-0.3, -0.25) is 20.3 Å². The first-order chi connectivity index (χ1) is 7.43. The van der Waals surface area contributed by atoms with Crippen LogP contribution in [0.3, 0.4) is 0 Å². The third kappa shape index (κ3) is 2.45. The van der Waals surface area contributed by atoms with Crippen molar-refractivity contribution >= 4 is 17.3 Å². The van der Waals surface area contributed by atoms with Gasteiger partial charge in [-0.05, 0) is 12.1 Å². The number of amides is 1. The maximum Gasteiger partial charge on any atom is 0.304 e. The van der Waals surface area contributed by atoms with Crippen molar-refractivity contribution in [3.8, 4) is 0 Å². The van der Waals surface area contributed by atoms with E-state index < -0.39 is 10.8 Å². The Morgan fingerprint density at radius 3 is 2.62 bits per heavy atom. The van der Waals surface area contributed by atoms with E-state index in [2.05, 4.69) is 5.43 Å². The summed E-state index contributed by atoms with van der Waals surface area (Å²) in [6, 6.07) is 4.23. The molecule has 1 amide bonds. The van der Waals surface area contributed by atoms with Crippen molar-refractivity contribution in [2.24, 2.45) is 0 Å². The van der Waals surface area contributed by atoms with E-state index in [1.807, 2.05) is 0 Å². The Morgan fingerprint density at radius 2 is 2.12 bits per heavy atom. The van der Waals surface area contributed by atoms with E-state index in [9.17, 15) is 14.9 Å². The van der Waals surface area contributed by atoms with Crippen molar-refractivity contribution in [1.29, 1.82) is 0 Å². The zero-order valence-corrected chi connectivity index (χ0v) is 8.93. The predicted molar refractivity (Wildman–Crippen MR) is 58.7 cm³/mol. The van der Waals surface area contributed by atoms with E-state index >= 15 is 0 Å². The molecule has 0 unspecified atom stereocenters. The van der Waals surface area contributed by atoms with E-state index in [1.54, 1.807) is 14.1 Å². The minimum atomic E-state index is -0.667. The molecule has 1 aromatic carbocycles. The quantitative estimate of drug-likeness (QED) is 0.439. The number of nitrogens with one attached hydrogen (secondary N) is 1. The zero-order chi connectivity index (χ0) is 12.3. The molecule has 0 saturated carbocycles. The van der Waals surface area contributed by atoms with E-state index in [0.717, 1.165) is 0 Å². The first-order valence-electron chi connectivity index (χ1n) is 4.44. The Bertz CT molecular complexity index is 431. The lowest BCUT2D eigenvalue weighted by molar-refractivity contribution is -0.384. The standard InChI is InChI=1S/C9H12N4O3/c1-12(2)11-9(14)6-4-3-5-7(10)8(6)13(15)16/h3-5H,10H2,1-2H3,(H,11,14). The second-order valence-corrected chi connectivity index (χ2v) is 3.34. The Balaban J connectivity index is 3.18. The monoisotopic (exact) mass is 224 g/mol. The number of nitrogens with two attached hydrogens (primary N) is 1. The van der Waals surface area contributed by atoms with Crippen molar-refractivity contribution in [2.75, 3.05) is 19.8 Å². The van der Waals surface area contributed by atoms with Crippen molar-refractivity contribution in [3.63, 3.8) is 0 Å². The number of carbonyl (C=O) groups excluding carboxylic acids is 1. The lowest BCUT2D eigenvalue weighted by Crippen LogP contribution is -2.36. The minimum absolute atomic E-state index is 0.0311. The summed E-state index contributed by atoms with van der Waals surface area (Å²) in [4.78, 5) is 21.7. The highest BCUT2D eigenvalue weighted by Crippen LogP contribution is 2.25. The van der Waals surface area contributed by atoms with Crippen LogP contribution in [0.25, 0.3) is 0 Å². The first kappa shape index (κ1) is 11.9. The number of rotatable bonds is 3. The third-order valence-corrected chi connectivity index (χ3v) is 1.82. The number of para-hydroxylation sites is 1. The molecule has 3 N–H and O–H groups in total. The Morgan fingerprint density at radius 1 is 1.50 bits per heavy atom. The number of nitro groups is 1. The van der Waals surface area contributed by atoms with Gasteiger partial charge in [-0.15, -0.1) is 0 Å². The summed E-state index contributed by atoms with van der Waals surface area (Å²) >= 11 is 0. The molecule has 0 aliphatic heterocycles. The topological polar surface area (TPSA) is 102 Å². The van der Waals surface area contributed by atoms with Crippen LogP contribution in [0.1, 0.15) is 10.4 Å². The van der Waals surface area contributed by atoms with Gasteiger partial charge in [0, 0.05) is 14.1 Å². The normalized spacial score (nSPS) is 10.2. The molecule has 0 aliphatic rings. The van der Waals surface area contributed by atoms with Crippen LogP contribution in [0.15, 0.2) is 18.2 Å². The molecule has 0 atom stereocenters. The van der Waals surface area contributed by atoms with E-state index in [0.29, 0.717) is 0 Å². The van der Waals surface area contributed by atoms with Gasteiger partial charge in [0.1, 0.15) is 11.3 Å². The number of nitro benzene ring substituents is 1. The number of hydrogen-bond donors (Lipinski definition) is 2. The summed E-state index contributed by atoms with van der Waals surface area (Å²) in [6.07, 6.45) is 0. The number of hydrogen-bond acceptors (Lipinski definition) is 5. The maximum absolute atomic E-state index is 11.6. The predicted octanol–water partition coefficient (Wildman–Crippen LogP) is 0.383. The average Bonchev–Trinajstić information content (AvgIpc) is 2.15. The fraction of sp³-hybridized carbons (Fsp3) is 0.222. The lowest BCUT2D eigenvalue weighted by atomic mass is 10.1. The summed E-state index contributed by atoms with van der Waals surface area (Å²) < 4.78 is 0. The Hall–Kier alpha value is -2.15. The summed E-state index contributed by atoms with van der Waals surface area (Å²) in [7, 11) is 3.21. The molecule has 0 spiro atoms. The highest BCUT2D eigenvalue weighted by Gasteiger charge is 2.23. The van der Waals surface area contributed by atoms with Crippen LogP contribution in [0.5, 0.6) is 0 Å². The van der Waals surface area contributed by atoms with Gasteiger partial charge in [0.25, 0.3) is 5.91 Å². The number of carbonyl (C=O) groups is 1. The molecule has 86 valence electrons. The summed E-state index contributed by atoms with van der Waals surface area (Å²) in [5, 5.41) is 12.2. The zero-order valence-electron chi connectivity index (χ0n) is 8.93. The van der Waals surface area contributed by atoms with Crippen molar-refractivity contribution in [3.05, 3.63) is 33.9 Å². The fourth-order valence-corrected chi connectivity index (χ4v) is 1.21. The SMILES string of the molecule is CN(C)NC(=O)c1cccc(N)c1[N+](=O)[O-]. The maximum atomic E-state index is 11.6. The van der Waals surface area contributed by atoms with Gasteiger partial charge < -0.3 is 5.73 Å². The Labute approximate surface area is 92.0 Å². The van der Waals surface area contributed by atoms with Crippen LogP contribution in [0, 0.1) is 10.1 Å². The highest BCUT2D eigenvalue weighted by atomic mass is 16.6. The van der Waals surface area contributed by atoms with Crippen LogP contribution in [-0.2, 0) is 0 Å². The van der Waals surface area contributed by atoms with Gasteiger partial charge >= 0.3 is 5.69 Å². The summed E-state index contributed by atoms with van der Waals surface area (Å²) in [5.41, 5.74) is 7.41. The van der Waals surface area contributed by atoms with Crippen LogP contribution < -0.4 is 11.2 Å². The molecule has 0 heterocycles. The first-order valence-corrected chi connectivity index (χ1v) is 4.44. The molecule has 0 aromatic heterocycles. The Kier molecular flexibility index (Phi) is 3.41. The molecular formula is C9H12N4O3. The summed E-state index contributed by atoms with van der Waals surface area (Å²) in [6.45, 7) is 0. The molecular weight excluding hydrogens is 212 g/mol. The molecule has 7 nitrogen and oxygen atoms in total. The summed E-state index contributed by atoms with van der Waals surface area (Å²) in [5.74, 6) is -0.566. The van der Waals surface area contributed by atoms with Gasteiger partial charge in [0.05, 0.1) is 4.92 Å². The molecule has 7 heteroatoms. The number of benzene rings is 1. The molecule has 0 fully saturated rings. The lowest BCUT2D eigenvalue weighted by Gasteiger charge is -2.12. The number of nitrogens with zero attached hydrogens (tertiary/aromatic N) is 2. The van der Waals surface area contributed by atoms with Crippen molar-refractivity contribution in [1.82, 2.24) is 10.4 Å². The van der Waals surface area contributed by atoms with Gasteiger partial charge in [-0.25, -0.2) is 5.01 Å². The number of nitrogen functional groups attached to an aromatic ring is 1. The molecule has 1 rings (SSSR count). The van der Waals surface area contributed by atoms with Crippen molar-refractivity contribution < 1.29 is 9.72 Å². The average molecular weight is 224 g/mol. The van der Waals surface area contributed by atoms with E-state index in [1.165, 1.54) is 23.2 Å². The van der Waals surface area contributed by atoms with E-state index in [4.69, 9.17) is 5.73 Å². The third-order valence-electron chi connectivity index (χ3n) is 1.82. The molecule has 16 heavy (non-hydrogen) atoms. The highest BCUT2D eigenvalue weighted by molar-refractivity contribution is 5.99. The van der Waals surface area contributed by atoms with Gasteiger partial charge in [-0.2, -0.15) is 0 Å². The van der Waals surface area contributed by atoms with Crippen molar-refractivity contribution in [2.45, 2.75) is 0 Å². The largest absolute Gasteiger partial charge is 0.393 e. The molecule has 0 radical (unpaired) electrons. The minimum Gasteiger partial charge on any atom is -0.393 e. The van der Waals surface area contributed by atoms with Crippen LogP contribution in [0.4, 0.5) is 11.4 Å². The smallest absolute Gasteiger partial charge is 0.304 e.